The first-order chi connectivity index (χ1) is 7.70. The van der Waals surface area contributed by atoms with E-state index >= 15 is 0 Å². The molecule has 1 aliphatic rings. The zero-order chi connectivity index (χ0) is 11.5. The van der Waals surface area contributed by atoms with E-state index in [4.69, 9.17) is 10.5 Å². The fraction of sp³-hybridized carbons (Fsp3) is 0.417. The molecule has 0 aliphatic carbocycles. The van der Waals surface area contributed by atoms with Crippen molar-refractivity contribution in [2.24, 2.45) is 5.73 Å². The molecule has 0 bridgehead atoms. The van der Waals surface area contributed by atoms with E-state index in [1.54, 1.807) is 0 Å². The number of ether oxygens (including phenoxy) is 1. The SMILES string of the molecule is CC(C(N)=O)N1CCCOc2ccccc21. The number of para-hydroxylation sites is 2. The van der Waals surface area contributed by atoms with Gasteiger partial charge in [0.25, 0.3) is 0 Å². The van der Waals surface area contributed by atoms with Gasteiger partial charge in [0, 0.05) is 6.54 Å². The molecule has 0 fully saturated rings. The molecule has 0 saturated carbocycles. The van der Waals surface area contributed by atoms with Crippen molar-refractivity contribution in [2.75, 3.05) is 18.1 Å². The first-order valence-electron chi connectivity index (χ1n) is 5.48. The number of anilines is 1. The van der Waals surface area contributed by atoms with E-state index in [1.807, 2.05) is 36.1 Å². The zero-order valence-corrected chi connectivity index (χ0v) is 9.35. The minimum absolute atomic E-state index is 0.303. The van der Waals surface area contributed by atoms with Crippen molar-refractivity contribution in [3.63, 3.8) is 0 Å². The lowest BCUT2D eigenvalue weighted by molar-refractivity contribution is -0.118. The Labute approximate surface area is 95.0 Å². The lowest BCUT2D eigenvalue weighted by Crippen LogP contribution is -2.43. The summed E-state index contributed by atoms with van der Waals surface area (Å²) in [5.74, 6) is 0.518. The molecule has 0 saturated heterocycles. The number of hydrogen-bond acceptors (Lipinski definition) is 3. The molecule has 4 heteroatoms. The molecule has 0 spiro atoms. The largest absolute Gasteiger partial charge is 0.491 e. The van der Waals surface area contributed by atoms with Crippen LogP contribution in [-0.4, -0.2) is 25.1 Å². The van der Waals surface area contributed by atoms with Crippen LogP contribution < -0.4 is 15.4 Å². The summed E-state index contributed by atoms with van der Waals surface area (Å²) in [6, 6.07) is 7.44. The van der Waals surface area contributed by atoms with Gasteiger partial charge in [-0.2, -0.15) is 0 Å². The Morgan fingerprint density at radius 1 is 1.50 bits per heavy atom. The maximum atomic E-state index is 11.3. The van der Waals surface area contributed by atoms with Crippen molar-refractivity contribution in [3.05, 3.63) is 24.3 Å². The van der Waals surface area contributed by atoms with E-state index in [0.717, 1.165) is 24.4 Å². The van der Waals surface area contributed by atoms with Crippen molar-refractivity contribution in [1.29, 1.82) is 0 Å². The summed E-state index contributed by atoms with van der Waals surface area (Å²) in [6.45, 7) is 3.30. The van der Waals surface area contributed by atoms with Gasteiger partial charge in [-0.15, -0.1) is 0 Å². The Bertz CT molecular complexity index is 392. The lowest BCUT2D eigenvalue weighted by Gasteiger charge is -2.28. The first kappa shape index (κ1) is 10.8. The Kier molecular flexibility index (Phi) is 2.99. The predicted molar refractivity (Wildman–Crippen MR) is 62.6 cm³/mol. The van der Waals surface area contributed by atoms with Gasteiger partial charge in [0.15, 0.2) is 0 Å². The van der Waals surface area contributed by atoms with Gasteiger partial charge < -0.3 is 15.4 Å². The van der Waals surface area contributed by atoms with Crippen LogP contribution in [0.15, 0.2) is 24.3 Å². The van der Waals surface area contributed by atoms with Crippen LogP contribution in [0.5, 0.6) is 5.75 Å². The average molecular weight is 220 g/mol. The summed E-state index contributed by atoms with van der Waals surface area (Å²) < 4.78 is 5.61. The number of rotatable bonds is 2. The van der Waals surface area contributed by atoms with Gasteiger partial charge in [0.1, 0.15) is 11.8 Å². The smallest absolute Gasteiger partial charge is 0.239 e. The van der Waals surface area contributed by atoms with E-state index in [-0.39, 0.29) is 11.9 Å². The van der Waals surface area contributed by atoms with Crippen LogP contribution in [-0.2, 0) is 4.79 Å². The number of benzene rings is 1. The number of hydrogen-bond donors (Lipinski definition) is 1. The quantitative estimate of drug-likeness (QED) is 0.813. The maximum Gasteiger partial charge on any atom is 0.239 e. The molecular formula is C12H16N2O2. The lowest BCUT2D eigenvalue weighted by atomic mass is 10.2. The summed E-state index contributed by atoms with van der Waals surface area (Å²) in [4.78, 5) is 13.3. The summed E-state index contributed by atoms with van der Waals surface area (Å²) >= 11 is 0. The molecule has 0 aromatic heterocycles. The maximum absolute atomic E-state index is 11.3. The highest BCUT2D eigenvalue weighted by atomic mass is 16.5. The third kappa shape index (κ3) is 1.96. The Hall–Kier alpha value is -1.71. The highest BCUT2D eigenvalue weighted by Gasteiger charge is 2.23. The summed E-state index contributed by atoms with van der Waals surface area (Å²) in [5, 5.41) is 0. The molecule has 86 valence electrons. The average Bonchev–Trinajstić information content (AvgIpc) is 2.50. The van der Waals surface area contributed by atoms with E-state index in [2.05, 4.69) is 0 Å². The number of nitrogens with zero attached hydrogens (tertiary/aromatic N) is 1. The zero-order valence-electron chi connectivity index (χ0n) is 9.35. The van der Waals surface area contributed by atoms with Crippen LogP contribution in [0, 0.1) is 0 Å². The van der Waals surface area contributed by atoms with Crippen molar-refractivity contribution < 1.29 is 9.53 Å². The fourth-order valence-corrected chi connectivity index (χ4v) is 1.91. The molecule has 0 radical (unpaired) electrons. The normalized spacial score (nSPS) is 16.9. The van der Waals surface area contributed by atoms with Crippen molar-refractivity contribution in [2.45, 2.75) is 19.4 Å². The highest BCUT2D eigenvalue weighted by Crippen LogP contribution is 2.31. The van der Waals surface area contributed by atoms with Crippen molar-refractivity contribution in [1.82, 2.24) is 0 Å². The first-order valence-corrected chi connectivity index (χ1v) is 5.48. The second-order valence-electron chi connectivity index (χ2n) is 3.94. The van der Waals surface area contributed by atoms with Crippen LogP contribution in [0.1, 0.15) is 13.3 Å². The summed E-state index contributed by atoms with van der Waals surface area (Å²) in [7, 11) is 0. The number of nitrogens with two attached hydrogens (primary N) is 1. The second kappa shape index (κ2) is 4.43. The Balaban J connectivity index is 2.36. The number of primary amides is 1. The van der Waals surface area contributed by atoms with Gasteiger partial charge in [-0.05, 0) is 25.5 Å². The highest BCUT2D eigenvalue weighted by molar-refractivity contribution is 5.84. The molecule has 16 heavy (non-hydrogen) atoms. The predicted octanol–water partition coefficient (Wildman–Crippen LogP) is 1.15. The third-order valence-corrected chi connectivity index (χ3v) is 2.85. The standard InChI is InChI=1S/C12H16N2O2/c1-9(12(13)15)14-7-4-8-16-11-6-3-2-5-10(11)14/h2-3,5-6,9H,4,7-8H2,1H3,(H2,13,15). The van der Waals surface area contributed by atoms with Crippen molar-refractivity contribution in [3.8, 4) is 5.75 Å². The van der Waals surface area contributed by atoms with Crippen LogP contribution >= 0.6 is 0 Å². The molecule has 1 heterocycles. The number of carbonyl (C=O) groups is 1. The van der Waals surface area contributed by atoms with E-state index < -0.39 is 0 Å². The third-order valence-electron chi connectivity index (χ3n) is 2.85. The molecular weight excluding hydrogens is 204 g/mol. The molecule has 1 aliphatic heterocycles. The van der Waals surface area contributed by atoms with E-state index in [0.29, 0.717) is 6.61 Å². The van der Waals surface area contributed by atoms with Gasteiger partial charge in [0.05, 0.1) is 12.3 Å². The van der Waals surface area contributed by atoms with Crippen LogP contribution in [0.4, 0.5) is 5.69 Å². The molecule has 1 aromatic carbocycles. The summed E-state index contributed by atoms with van der Waals surface area (Å²) in [6.07, 6.45) is 0.895. The second-order valence-corrected chi connectivity index (χ2v) is 3.94. The molecule has 2 N–H and O–H groups in total. The van der Waals surface area contributed by atoms with Gasteiger partial charge in [-0.25, -0.2) is 0 Å². The number of carbonyl (C=O) groups excluding carboxylic acids is 1. The summed E-state index contributed by atoms with van der Waals surface area (Å²) in [5.41, 5.74) is 6.30. The van der Waals surface area contributed by atoms with Crippen LogP contribution in [0.3, 0.4) is 0 Å². The molecule has 1 amide bonds. The van der Waals surface area contributed by atoms with E-state index in [1.165, 1.54) is 0 Å². The van der Waals surface area contributed by atoms with Crippen LogP contribution in [0.2, 0.25) is 0 Å². The van der Waals surface area contributed by atoms with Gasteiger partial charge in [0.2, 0.25) is 5.91 Å². The van der Waals surface area contributed by atoms with Gasteiger partial charge in [-0.3, -0.25) is 4.79 Å². The topological polar surface area (TPSA) is 55.6 Å². The number of amides is 1. The molecule has 1 unspecified atom stereocenters. The van der Waals surface area contributed by atoms with Crippen molar-refractivity contribution >= 4 is 11.6 Å². The Morgan fingerprint density at radius 3 is 3.00 bits per heavy atom. The Morgan fingerprint density at radius 2 is 2.25 bits per heavy atom. The van der Waals surface area contributed by atoms with Crippen LogP contribution in [0.25, 0.3) is 0 Å². The number of fused-ring (bicyclic) bond motifs is 1. The van der Waals surface area contributed by atoms with E-state index in [9.17, 15) is 4.79 Å². The monoisotopic (exact) mass is 220 g/mol. The molecule has 1 aromatic rings. The molecule has 2 rings (SSSR count). The molecule has 1 atom stereocenters. The fourth-order valence-electron chi connectivity index (χ4n) is 1.91. The van der Waals surface area contributed by atoms with Gasteiger partial charge in [-0.1, -0.05) is 12.1 Å². The molecule has 4 nitrogen and oxygen atoms in total. The van der Waals surface area contributed by atoms with Gasteiger partial charge >= 0.3 is 0 Å². The minimum Gasteiger partial charge on any atom is -0.491 e. The minimum atomic E-state index is -0.309.